The van der Waals surface area contributed by atoms with Crippen LogP contribution in [0.2, 0.25) is 0 Å². The van der Waals surface area contributed by atoms with Crippen LogP contribution in [0.25, 0.3) is 11.5 Å². The van der Waals surface area contributed by atoms with Gasteiger partial charge in [-0.15, -0.1) is 0 Å². The Morgan fingerprint density at radius 3 is 2.89 bits per heavy atom. The third-order valence-electron chi connectivity index (χ3n) is 5.36. The molecular weight excluding hydrogens is 356 g/mol. The standard InChI is InChI=1S/C20H22N6O2/c1-11-22-18(26(2)25-11)19(27)23-14-4-3-5-16-17(14)24-20(28-16)13-8-9-21-15(10-13)12-6-7-12/h8-10,12,14H,3-7H2,1-2H3,(H,23,27)/t14-/m1/s1. The fourth-order valence-electron chi connectivity index (χ4n) is 3.80. The topological polar surface area (TPSA) is 98.7 Å². The lowest BCUT2D eigenvalue weighted by molar-refractivity contribution is 0.0916. The summed E-state index contributed by atoms with van der Waals surface area (Å²) >= 11 is 0. The van der Waals surface area contributed by atoms with Crippen molar-refractivity contribution in [1.82, 2.24) is 30.0 Å². The molecule has 1 fully saturated rings. The first-order valence-electron chi connectivity index (χ1n) is 9.73. The largest absolute Gasteiger partial charge is 0.441 e. The van der Waals surface area contributed by atoms with Crippen LogP contribution in [-0.4, -0.2) is 30.6 Å². The van der Waals surface area contributed by atoms with Crippen molar-refractivity contribution in [3.8, 4) is 11.5 Å². The molecule has 8 nitrogen and oxygen atoms in total. The first-order valence-corrected chi connectivity index (χ1v) is 9.73. The number of hydrogen-bond donors (Lipinski definition) is 1. The highest BCUT2D eigenvalue weighted by atomic mass is 16.4. The summed E-state index contributed by atoms with van der Waals surface area (Å²) < 4.78 is 7.57. The van der Waals surface area contributed by atoms with E-state index in [-0.39, 0.29) is 11.9 Å². The molecule has 0 saturated heterocycles. The molecule has 0 aliphatic heterocycles. The van der Waals surface area contributed by atoms with Crippen molar-refractivity contribution < 1.29 is 9.21 Å². The number of carbonyl (C=O) groups is 1. The Morgan fingerprint density at radius 1 is 1.29 bits per heavy atom. The van der Waals surface area contributed by atoms with Gasteiger partial charge in [-0.1, -0.05) is 0 Å². The van der Waals surface area contributed by atoms with Gasteiger partial charge in [0.15, 0.2) is 0 Å². The van der Waals surface area contributed by atoms with Gasteiger partial charge in [0.25, 0.3) is 5.91 Å². The summed E-state index contributed by atoms with van der Waals surface area (Å²) in [6, 6.07) is 3.82. The fourth-order valence-corrected chi connectivity index (χ4v) is 3.80. The molecule has 3 aromatic rings. The van der Waals surface area contributed by atoms with E-state index in [2.05, 4.69) is 26.4 Å². The summed E-state index contributed by atoms with van der Waals surface area (Å²) in [5.74, 6) is 2.66. The zero-order chi connectivity index (χ0) is 19.3. The van der Waals surface area contributed by atoms with Crippen LogP contribution in [0.3, 0.4) is 0 Å². The van der Waals surface area contributed by atoms with Gasteiger partial charge in [0, 0.05) is 36.8 Å². The van der Waals surface area contributed by atoms with Crippen LogP contribution in [0, 0.1) is 6.92 Å². The number of nitrogens with one attached hydrogen (secondary N) is 1. The molecular formula is C20H22N6O2. The van der Waals surface area contributed by atoms with E-state index in [4.69, 9.17) is 9.40 Å². The number of rotatable bonds is 4. The summed E-state index contributed by atoms with van der Waals surface area (Å²) in [4.78, 5) is 26.1. The molecule has 1 N–H and O–H groups in total. The molecule has 28 heavy (non-hydrogen) atoms. The van der Waals surface area contributed by atoms with Gasteiger partial charge in [-0.3, -0.25) is 9.78 Å². The van der Waals surface area contributed by atoms with Crippen LogP contribution in [0.1, 0.15) is 71.2 Å². The highest BCUT2D eigenvalue weighted by molar-refractivity contribution is 5.90. The Bertz CT molecular complexity index is 1050. The first-order chi connectivity index (χ1) is 13.6. The van der Waals surface area contributed by atoms with Crippen molar-refractivity contribution in [2.24, 2.45) is 7.05 Å². The molecule has 3 heterocycles. The number of aryl methyl sites for hydroxylation is 3. The van der Waals surface area contributed by atoms with Crippen molar-refractivity contribution in [1.29, 1.82) is 0 Å². The minimum Gasteiger partial charge on any atom is -0.441 e. The predicted molar refractivity (Wildman–Crippen MR) is 101 cm³/mol. The van der Waals surface area contributed by atoms with Crippen LogP contribution in [0.5, 0.6) is 0 Å². The number of aromatic nitrogens is 5. The molecule has 2 aliphatic rings. The third kappa shape index (κ3) is 3.08. The zero-order valence-corrected chi connectivity index (χ0v) is 16.0. The van der Waals surface area contributed by atoms with Crippen molar-refractivity contribution in [3.05, 3.63) is 47.1 Å². The maximum Gasteiger partial charge on any atom is 0.289 e. The molecule has 144 valence electrons. The van der Waals surface area contributed by atoms with E-state index < -0.39 is 0 Å². The second-order valence-electron chi connectivity index (χ2n) is 7.60. The normalized spacial score (nSPS) is 18.7. The summed E-state index contributed by atoms with van der Waals surface area (Å²) in [5, 5.41) is 7.20. The van der Waals surface area contributed by atoms with Crippen molar-refractivity contribution in [2.75, 3.05) is 0 Å². The van der Waals surface area contributed by atoms with Crippen LogP contribution < -0.4 is 5.32 Å². The molecule has 1 atom stereocenters. The number of hydrogen-bond acceptors (Lipinski definition) is 6. The van der Waals surface area contributed by atoms with E-state index in [9.17, 15) is 4.79 Å². The van der Waals surface area contributed by atoms with Crippen molar-refractivity contribution >= 4 is 5.91 Å². The maximum atomic E-state index is 12.7. The zero-order valence-electron chi connectivity index (χ0n) is 16.0. The minimum atomic E-state index is -0.245. The average Bonchev–Trinajstić information content (AvgIpc) is 3.35. The SMILES string of the molecule is Cc1nc(C(=O)N[C@@H]2CCCc3oc(-c4ccnc(C5CC5)c4)nc32)n(C)n1. The van der Waals surface area contributed by atoms with E-state index in [1.165, 1.54) is 17.5 Å². The number of fused-ring (bicyclic) bond motifs is 1. The van der Waals surface area contributed by atoms with E-state index >= 15 is 0 Å². The van der Waals surface area contributed by atoms with Gasteiger partial charge >= 0.3 is 0 Å². The van der Waals surface area contributed by atoms with Crippen LogP contribution >= 0.6 is 0 Å². The number of oxazole rings is 1. The highest BCUT2D eigenvalue weighted by Gasteiger charge is 2.30. The van der Waals surface area contributed by atoms with Gasteiger partial charge in [0.05, 0.1) is 6.04 Å². The van der Waals surface area contributed by atoms with E-state index in [0.717, 1.165) is 42.0 Å². The third-order valence-corrected chi connectivity index (χ3v) is 5.36. The van der Waals surface area contributed by atoms with Gasteiger partial charge < -0.3 is 9.73 Å². The van der Waals surface area contributed by atoms with Crippen molar-refractivity contribution in [2.45, 2.75) is 51.0 Å². The quantitative estimate of drug-likeness (QED) is 0.749. The van der Waals surface area contributed by atoms with E-state index in [1.54, 1.807) is 14.0 Å². The minimum absolute atomic E-state index is 0.185. The molecule has 5 rings (SSSR count). The Hall–Kier alpha value is -3.03. The molecule has 3 aromatic heterocycles. The van der Waals surface area contributed by atoms with Crippen LogP contribution in [0.4, 0.5) is 0 Å². The molecule has 0 unspecified atom stereocenters. The van der Waals surface area contributed by atoms with Gasteiger partial charge in [0.1, 0.15) is 17.3 Å². The molecule has 0 spiro atoms. The second kappa shape index (κ2) is 6.54. The van der Waals surface area contributed by atoms with E-state index in [0.29, 0.717) is 23.5 Å². The summed E-state index contributed by atoms with van der Waals surface area (Å²) in [5.41, 5.74) is 2.87. The average molecular weight is 378 g/mol. The van der Waals surface area contributed by atoms with Gasteiger partial charge in [0.2, 0.25) is 11.7 Å². The summed E-state index contributed by atoms with van der Waals surface area (Å²) in [7, 11) is 1.72. The first kappa shape index (κ1) is 17.1. The fraction of sp³-hybridized carbons (Fsp3) is 0.450. The smallest absolute Gasteiger partial charge is 0.289 e. The molecule has 1 saturated carbocycles. The monoisotopic (exact) mass is 378 g/mol. The molecule has 0 bridgehead atoms. The number of carbonyl (C=O) groups excluding carboxylic acids is 1. The predicted octanol–water partition coefficient (Wildman–Crippen LogP) is 2.86. The summed E-state index contributed by atoms with van der Waals surface area (Å²) in [6.07, 6.45) is 6.82. The molecule has 2 aliphatic carbocycles. The number of amides is 1. The molecule has 1 amide bonds. The number of pyridine rings is 1. The van der Waals surface area contributed by atoms with Gasteiger partial charge in [-0.2, -0.15) is 5.10 Å². The van der Waals surface area contributed by atoms with Gasteiger partial charge in [-0.25, -0.2) is 14.6 Å². The molecule has 0 radical (unpaired) electrons. The Morgan fingerprint density at radius 2 is 2.14 bits per heavy atom. The Kier molecular flexibility index (Phi) is 3.99. The van der Waals surface area contributed by atoms with Crippen LogP contribution in [-0.2, 0) is 13.5 Å². The Balaban J connectivity index is 1.41. The number of nitrogens with zero attached hydrogens (tertiary/aromatic N) is 5. The second-order valence-corrected chi connectivity index (χ2v) is 7.60. The highest BCUT2D eigenvalue weighted by Crippen LogP contribution is 2.40. The van der Waals surface area contributed by atoms with Gasteiger partial charge in [-0.05, 0) is 44.7 Å². The lowest BCUT2D eigenvalue weighted by Gasteiger charge is -2.20. The Labute approximate surface area is 162 Å². The van der Waals surface area contributed by atoms with Crippen LogP contribution in [0.15, 0.2) is 22.7 Å². The molecule has 8 heteroatoms. The van der Waals surface area contributed by atoms with Crippen molar-refractivity contribution in [3.63, 3.8) is 0 Å². The molecule has 0 aromatic carbocycles. The summed E-state index contributed by atoms with van der Waals surface area (Å²) in [6.45, 7) is 1.77. The van der Waals surface area contributed by atoms with E-state index in [1.807, 2.05) is 12.3 Å². The maximum absolute atomic E-state index is 12.7. The lowest BCUT2D eigenvalue weighted by atomic mass is 9.97. The lowest BCUT2D eigenvalue weighted by Crippen LogP contribution is -2.32.